The number of halogens is 3. The van der Waals surface area contributed by atoms with E-state index < -0.39 is 12.1 Å². The number of carboxylic acids is 1. The van der Waals surface area contributed by atoms with Gasteiger partial charge in [0, 0.05) is 6.42 Å². The van der Waals surface area contributed by atoms with Gasteiger partial charge in [0.05, 0.1) is 6.54 Å². The number of carbonyl (C=O) groups excluding carboxylic acids is 1. The minimum atomic E-state index is -5.08. The molecule has 0 aromatic rings. The zero-order valence-electron chi connectivity index (χ0n) is 24.5. The maximum Gasteiger partial charge on any atom is 0.490 e. The van der Waals surface area contributed by atoms with Crippen molar-refractivity contribution in [2.24, 2.45) is 52.1 Å². The van der Waals surface area contributed by atoms with Crippen LogP contribution < -0.4 is 5.73 Å². The molecule has 4 rings (SSSR count). The summed E-state index contributed by atoms with van der Waals surface area (Å²) < 4.78 is 37.4. The van der Waals surface area contributed by atoms with E-state index in [1.807, 2.05) is 0 Å². The van der Waals surface area contributed by atoms with E-state index in [9.17, 15) is 18.0 Å². The highest BCUT2D eigenvalue weighted by Crippen LogP contribution is 2.67. The van der Waals surface area contributed by atoms with Crippen molar-refractivity contribution in [2.75, 3.05) is 6.54 Å². The summed E-state index contributed by atoms with van der Waals surface area (Å²) in [6.45, 7) is 12.5. The SMILES string of the molecule is CC(C)CCC[C@@H](C)[C@H]1CC[C@H]2[C@@H]3CC=C4C[C@@H](OC(=O)CN)CC[C@]4(C)[C@H]3CC[C@]12C.O=C(O)C(F)(F)F. The summed E-state index contributed by atoms with van der Waals surface area (Å²) in [6, 6.07) is 0. The number of ether oxygens (including phenoxy) is 1. The topological polar surface area (TPSA) is 89.6 Å². The van der Waals surface area contributed by atoms with Crippen LogP contribution in [0, 0.1) is 46.3 Å². The van der Waals surface area contributed by atoms with Crippen molar-refractivity contribution in [1.82, 2.24) is 0 Å². The number of rotatable bonds is 7. The molecule has 4 aliphatic rings. The molecule has 0 radical (unpaired) electrons. The van der Waals surface area contributed by atoms with Crippen LogP contribution in [-0.4, -0.2) is 35.9 Å². The molecule has 0 saturated heterocycles. The maximum absolute atomic E-state index is 11.7. The highest BCUT2D eigenvalue weighted by atomic mass is 19.4. The quantitative estimate of drug-likeness (QED) is 0.249. The lowest BCUT2D eigenvalue weighted by molar-refractivity contribution is -0.192. The first-order valence-electron chi connectivity index (χ1n) is 15.0. The Morgan fingerprint density at radius 1 is 1.08 bits per heavy atom. The van der Waals surface area contributed by atoms with Gasteiger partial charge in [0.2, 0.25) is 0 Å². The van der Waals surface area contributed by atoms with Crippen LogP contribution in [0.1, 0.15) is 105 Å². The van der Waals surface area contributed by atoms with Gasteiger partial charge in [-0.05, 0) is 91.3 Å². The fourth-order valence-corrected chi connectivity index (χ4v) is 8.99. The molecule has 8 atom stereocenters. The summed E-state index contributed by atoms with van der Waals surface area (Å²) in [4.78, 5) is 20.6. The lowest BCUT2D eigenvalue weighted by atomic mass is 9.47. The van der Waals surface area contributed by atoms with E-state index in [2.05, 4.69) is 40.7 Å². The van der Waals surface area contributed by atoms with Crippen LogP contribution >= 0.6 is 0 Å². The number of nitrogens with two attached hydrogens (primary N) is 1. The van der Waals surface area contributed by atoms with Gasteiger partial charge in [-0.25, -0.2) is 4.79 Å². The van der Waals surface area contributed by atoms with E-state index in [0.717, 1.165) is 48.3 Å². The van der Waals surface area contributed by atoms with Gasteiger partial charge in [-0.15, -0.1) is 0 Å². The summed E-state index contributed by atoms with van der Waals surface area (Å²) in [5, 5.41) is 7.12. The Morgan fingerprint density at radius 2 is 1.74 bits per heavy atom. The number of carboxylic acid groups (broad SMARTS) is 1. The van der Waals surface area contributed by atoms with Crippen LogP contribution in [0.15, 0.2) is 11.6 Å². The summed E-state index contributed by atoms with van der Waals surface area (Å²) in [6.07, 6.45) is 11.8. The van der Waals surface area contributed by atoms with Crippen LogP contribution in [0.25, 0.3) is 0 Å². The van der Waals surface area contributed by atoms with Gasteiger partial charge in [-0.1, -0.05) is 65.5 Å². The predicted octanol–water partition coefficient (Wildman–Crippen LogP) is 7.53. The minimum Gasteiger partial charge on any atom is -0.475 e. The third-order valence-electron chi connectivity index (χ3n) is 11.0. The van der Waals surface area contributed by atoms with Gasteiger partial charge >= 0.3 is 18.1 Å². The van der Waals surface area contributed by atoms with Crippen molar-refractivity contribution in [3.8, 4) is 0 Å². The molecule has 5 nitrogen and oxygen atoms in total. The number of allylic oxidation sites excluding steroid dienone is 1. The Hall–Kier alpha value is -1.57. The normalized spacial score (nSPS) is 36.5. The van der Waals surface area contributed by atoms with Crippen molar-refractivity contribution in [3.05, 3.63) is 11.6 Å². The summed E-state index contributed by atoms with van der Waals surface area (Å²) in [5.74, 6) is 2.21. The second-order valence-electron chi connectivity index (χ2n) is 13.7. The van der Waals surface area contributed by atoms with Gasteiger partial charge in [0.25, 0.3) is 0 Å². The number of hydrogen-bond acceptors (Lipinski definition) is 4. The largest absolute Gasteiger partial charge is 0.490 e. The fraction of sp³-hybridized carbons (Fsp3) is 0.871. The molecular formula is C31H50F3NO4. The van der Waals surface area contributed by atoms with E-state index in [0.29, 0.717) is 10.8 Å². The van der Waals surface area contributed by atoms with Crippen molar-refractivity contribution < 1.29 is 32.6 Å². The second kappa shape index (κ2) is 12.5. The molecule has 0 spiro atoms. The van der Waals surface area contributed by atoms with Crippen LogP contribution in [0.3, 0.4) is 0 Å². The minimum absolute atomic E-state index is 0.00512. The standard InChI is InChI=1S/C29H49NO2.C2HF3O2/c1-19(2)7-6-8-20(3)24-11-12-25-23-10-9-21-17-22(32-27(31)18-30)13-15-28(21,4)26(23)14-16-29(24,25)5;3-2(4,5)1(6)7/h9,19-20,22-26H,6-8,10-18,30H2,1-5H3;(H,6,7)/t20-,22+,23+,24-,25+,26+,28+,29-;/m1./s1. The molecule has 0 unspecified atom stereocenters. The number of esters is 1. The average Bonchev–Trinajstić information content (AvgIpc) is 3.21. The second-order valence-corrected chi connectivity index (χ2v) is 13.7. The molecule has 0 amide bonds. The molecule has 4 aliphatic carbocycles. The van der Waals surface area contributed by atoms with Gasteiger partial charge in [-0.2, -0.15) is 13.2 Å². The first-order chi connectivity index (χ1) is 18.1. The van der Waals surface area contributed by atoms with E-state index in [1.54, 1.807) is 5.57 Å². The Kier molecular flexibility index (Phi) is 10.3. The Balaban J connectivity index is 0.000000532. The molecule has 0 heterocycles. The number of hydrogen-bond donors (Lipinski definition) is 2. The van der Waals surface area contributed by atoms with Crippen molar-refractivity contribution in [2.45, 2.75) is 118 Å². The van der Waals surface area contributed by atoms with E-state index in [1.165, 1.54) is 57.8 Å². The maximum atomic E-state index is 11.7. The molecular weight excluding hydrogens is 507 g/mol. The monoisotopic (exact) mass is 557 g/mol. The highest BCUT2D eigenvalue weighted by molar-refractivity contribution is 5.73. The van der Waals surface area contributed by atoms with E-state index in [4.69, 9.17) is 20.4 Å². The lowest BCUT2D eigenvalue weighted by Gasteiger charge is -2.58. The first-order valence-corrected chi connectivity index (χ1v) is 15.0. The van der Waals surface area contributed by atoms with E-state index >= 15 is 0 Å². The number of alkyl halides is 3. The van der Waals surface area contributed by atoms with Crippen LogP contribution in [0.2, 0.25) is 0 Å². The highest BCUT2D eigenvalue weighted by Gasteiger charge is 2.59. The fourth-order valence-electron chi connectivity index (χ4n) is 8.99. The Bertz CT molecular complexity index is 903. The molecule has 3 saturated carbocycles. The van der Waals surface area contributed by atoms with Gasteiger partial charge in [0.1, 0.15) is 6.10 Å². The third kappa shape index (κ3) is 7.02. The number of fused-ring (bicyclic) bond motifs is 5. The van der Waals surface area contributed by atoms with Crippen molar-refractivity contribution in [3.63, 3.8) is 0 Å². The van der Waals surface area contributed by atoms with Crippen LogP contribution in [0.4, 0.5) is 13.2 Å². The molecule has 0 aromatic carbocycles. The van der Waals surface area contributed by atoms with Crippen molar-refractivity contribution in [1.29, 1.82) is 0 Å². The molecule has 0 aromatic heterocycles. The molecule has 0 bridgehead atoms. The smallest absolute Gasteiger partial charge is 0.475 e. The zero-order chi connectivity index (χ0) is 29.2. The Labute approximate surface area is 232 Å². The lowest BCUT2D eigenvalue weighted by Crippen LogP contribution is -2.51. The average molecular weight is 558 g/mol. The summed E-state index contributed by atoms with van der Waals surface area (Å²) in [7, 11) is 0. The zero-order valence-corrected chi connectivity index (χ0v) is 24.5. The Morgan fingerprint density at radius 3 is 2.33 bits per heavy atom. The van der Waals surface area contributed by atoms with E-state index in [-0.39, 0.29) is 18.6 Å². The molecule has 224 valence electrons. The number of carbonyl (C=O) groups is 2. The molecule has 39 heavy (non-hydrogen) atoms. The van der Waals surface area contributed by atoms with Gasteiger partial charge in [0.15, 0.2) is 0 Å². The molecule has 8 heteroatoms. The van der Waals surface area contributed by atoms with Crippen molar-refractivity contribution >= 4 is 11.9 Å². The van der Waals surface area contributed by atoms with Gasteiger partial charge < -0.3 is 15.6 Å². The summed E-state index contributed by atoms with van der Waals surface area (Å²) >= 11 is 0. The third-order valence-corrected chi connectivity index (χ3v) is 11.0. The van der Waals surface area contributed by atoms with Crippen LogP contribution in [-0.2, 0) is 14.3 Å². The first kappa shape index (κ1) is 32.0. The summed E-state index contributed by atoms with van der Waals surface area (Å²) in [5.41, 5.74) is 7.93. The molecule has 3 N–H and O–H groups in total. The molecule has 3 fully saturated rings. The van der Waals surface area contributed by atoms with Crippen LogP contribution in [0.5, 0.6) is 0 Å². The predicted molar refractivity (Wildman–Crippen MR) is 146 cm³/mol. The number of aliphatic carboxylic acids is 1. The van der Waals surface area contributed by atoms with Gasteiger partial charge in [-0.3, -0.25) is 4.79 Å². The molecule has 0 aliphatic heterocycles.